The van der Waals surface area contributed by atoms with Gasteiger partial charge >= 0.3 is 0 Å². The molecule has 9 heterocycles. The van der Waals surface area contributed by atoms with Crippen molar-refractivity contribution in [2.45, 2.75) is 19.3 Å². The maximum Gasteiger partial charge on any atom is 0.201 e. The molecular weight excluding hydrogens is 1480 g/mol. The molecule has 554 valence electrons. The molecular formula is C98H61N19S. The van der Waals surface area contributed by atoms with Crippen molar-refractivity contribution in [1.82, 2.24) is 94.7 Å². The molecule has 11 aromatic carbocycles. The predicted octanol–water partition coefficient (Wildman–Crippen LogP) is 20.7. The van der Waals surface area contributed by atoms with Crippen molar-refractivity contribution in [3.8, 4) is 171 Å². The van der Waals surface area contributed by atoms with E-state index >= 15 is 0 Å². The fraction of sp³-hybridized carbons (Fsp3) is 0.0306. The summed E-state index contributed by atoms with van der Waals surface area (Å²) in [6.45, 7) is 0. The summed E-state index contributed by atoms with van der Waals surface area (Å²) in [6.07, 6.45) is 14.3. The van der Waals surface area contributed by atoms with E-state index in [1.807, 2.05) is 200 Å². The minimum Gasteiger partial charge on any atom is -0.236 e. The van der Waals surface area contributed by atoms with Gasteiger partial charge in [-0.25, -0.2) is 94.7 Å². The van der Waals surface area contributed by atoms with Crippen molar-refractivity contribution in [2.75, 3.05) is 0 Å². The van der Waals surface area contributed by atoms with E-state index in [-0.39, 0.29) is 0 Å². The maximum atomic E-state index is 5.03. The Labute approximate surface area is 680 Å². The predicted molar refractivity (Wildman–Crippen MR) is 460 cm³/mol. The van der Waals surface area contributed by atoms with Crippen LogP contribution in [0, 0.1) is 0 Å². The third kappa shape index (κ3) is 13.4. The molecule has 9 aromatic heterocycles. The van der Waals surface area contributed by atoms with Crippen LogP contribution >= 0.6 is 11.3 Å². The van der Waals surface area contributed by atoms with Crippen LogP contribution in [0.15, 0.2) is 335 Å². The molecule has 0 aliphatic heterocycles. The molecule has 0 atom stereocenters. The summed E-state index contributed by atoms with van der Waals surface area (Å²) < 4.78 is 2.35. The van der Waals surface area contributed by atoms with Gasteiger partial charge in [-0.1, -0.05) is 285 Å². The van der Waals surface area contributed by atoms with Crippen LogP contribution in [-0.4, -0.2) is 94.7 Å². The summed E-state index contributed by atoms with van der Waals surface area (Å²) in [5.74, 6) is 6.22. The Hall–Kier alpha value is -15.9. The molecule has 0 radical (unpaired) electrons. The van der Waals surface area contributed by atoms with E-state index in [0.717, 1.165) is 130 Å². The minimum atomic E-state index is 0.416. The highest BCUT2D eigenvalue weighted by Gasteiger charge is 2.29. The minimum absolute atomic E-state index is 0.416. The Balaban J connectivity index is 0.000000111. The van der Waals surface area contributed by atoms with Gasteiger partial charge in [0, 0.05) is 148 Å². The molecule has 3 aliphatic rings. The van der Waals surface area contributed by atoms with E-state index in [4.69, 9.17) is 54.8 Å². The Kier molecular flexibility index (Phi) is 18.1. The second kappa shape index (κ2) is 30.5. The van der Waals surface area contributed by atoms with Gasteiger partial charge in [-0.2, -0.15) is 0 Å². The molecule has 23 rings (SSSR count). The molecule has 20 aromatic rings. The second-order valence-corrected chi connectivity index (χ2v) is 29.3. The van der Waals surface area contributed by atoms with Crippen LogP contribution in [-0.2, 0) is 19.3 Å². The van der Waals surface area contributed by atoms with Crippen molar-refractivity contribution in [3.63, 3.8) is 0 Å². The Morgan fingerprint density at radius 2 is 0.449 bits per heavy atom. The van der Waals surface area contributed by atoms with Crippen LogP contribution in [0.2, 0.25) is 0 Å². The van der Waals surface area contributed by atoms with Crippen molar-refractivity contribution >= 4 is 31.5 Å². The molecule has 0 spiro atoms. The van der Waals surface area contributed by atoms with Gasteiger partial charge in [0.05, 0.1) is 34.0 Å². The third-order valence-corrected chi connectivity index (χ3v) is 22.4. The Morgan fingerprint density at radius 1 is 0.178 bits per heavy atom. The Bertz CT molecular complexity index is 6760. The van der Waals surface area contributed by atoms with E-state index < -0.39 is 0 Å². The first kappa shape index (κ1) is 70.0. The molecule has 0 unspecified atom stereocenters. The first-order valence-corrected chi connectivity index (χ1v) is 39.3. The summed E-state index contributed by atoms with van der Waals surface area (Å²) >= 11 is 1.78. The molecule has 19 nitrogen and oxygen atoms in total. The van der Waals surface area contributed by atoms with Crippen molar-refractivity contribution < 1.29 is 0 Å². The zero-order valence-corrected chi connectivity index (χ0v) is 63.6. The molecule has 20 heteroatoms. The fourth-order valence-electron chi connectivity index (χ4n) is 15.5. The SMILES string of the molecule is c1ccc(-c2nc(-c3ccccc3)nc(-c3cccc4c3sc3c(-c5ncnc6c5Cc5ccccc5-6)cccc34)n2)cc1.c1ccc(-c2nc(-c3ccccc3)nc(-c3cnc(-c4ncnc5c4Cc4ccccc4-5)nc3)n2)cc1.c1ccc(-c2nc(-c3ccccc3)nc(-c3ncc(-c4ncnc5c4Cc4ccccc4-5)cn3)n2)cc1. The molecule has 0 N–H and O–H groups in total. The number of hydrogen-bond donors (Lipinski definition) is 0. The first-order valence-electron chi connectivity index (χ1n) is 38.5. The van der Waals surface area contributed by atoms with E-state index in [1.54, 1.807) is 55.1 Å². The van der Waals surface area contributed by atoms with Gasteiger partial charge in [0.15, 0.2) is 58.2 Å². The monoisotopic (exact) mass is 1540 g/mol. The largest absolute Gasteiger partial charge is 0.236 e. The summed E-state index contributed by atoms with van der Waals surface area (Å²) in [7, 11) is 0. The van der Waals surface area contributed by atoms with E-state index in [1.165, 1.54) is 43.3 Å². The third-order valence-electron chi connectivity index (χ3n) is 21.1. The normalized spacial score (nSPS) is 11.8. The van der Waals surface area contributed by atoms with Gasteiger partial charge in [0.2, 0.25) is 5.82 Å². The van der Waals surface area contributed by atoms with Crippen molar-refractivity contribution in [3.05, 3.63) is 368 Å². The number of thiophene rings is 1. The second-order valence-electron chi connectivity index (χ2n) is 28.3. The van der Waals surface area contributed by atoms with Crippen LogP contribution in [0.5, 0.6) is 0 Å². The topological polar surface area (TPSA) is 245 Å². The highest BCUT2D eigenvalue weighted by molar-refractivity contribution is 7.26. The number of benzene rings is 11. The standard InChI is InChI=1S/C38H23N5S.2C30H19N7/c1-3-11-23(12-4-1)36-41-37(24-13-5-2-6-14-24)43-38(42-36)30-20-10-18-28-27-17-9-19-29(34(27)44-35(28)30)33-31-21-25-15-7-8-16-26(25)32(31)39-22-40-33;1-3-9-19(10-4-1)27-35-28(20-11-5-2-6-12-20)37-29(36-27)22-16-31-30(32-17-22)26-24-15-21-13-7-8-14-23(21)25(24)33-18-34-26;1-3-9-19(10-4-1)27-35-28(20-11-5-2-6-12-20)37-30(36-27)29-31-16-22(17-32-29)25-24-15-21-13-7-8-14-23(21)26(24)34-18-33-25/h1-20,22H,21H2;2*1-14,16-18H,15H2. The lowest BCUT2D eigenvalue weighted by molar-refractivity contribution is 1.03. The zero-order chi connectivity index (χ0) is 78.2. The van der Waals surface area contributed by atoms with Gasteiger partial charge in [-0.05, 0) is 22.8 Å². The van der Waals surface area contributed by atoms with Gasteiger partial charge < -0.3 is 0 Å². The molecule has 3 aliphatic carbocycles. The van der Waals surface area contributed by atoms with E-state index in [2.05, 4.69) is 131 Å². The molecule has 0 fully saturated rings. The number of rotatable bonds is 12. The summed E-state index contributed by atoms with van der Waals surface area (Å²) in [6, 6.07) is 97.8. The van der Waals surface area contributed by atoms with Gasteiger partial charge in [-0.15, -0.1) is 11.3 Å². The van der Waals surface area contributed by atoms with Crippen LogP contribution in [0.25, 0.3) is 191 Å². The van der Waals surface area contributed by atoms with Gasteiger partial charge in [-0.3, -0.25) is 0 Å². The van der Waals surface area contributed by atoms with Crippen LogP contribution in [0.4, 0.5) is 0 Å². The van der Waals surface area contributed by atoms with Crippen LogP contribution in [0.1, 0.15) is 33.4 Å². The number of nitrogens with zero attached hydrogens (tertiary/aromatic N) is 19. The number of aromatic nitrogens is 19. The average Bonchev–Trinajstić information content (AvgIpc) is 1.60. The van der Waals surface area contributed by atoms with E-state index in [9.17, 15) is 0 Å². The maximum absolute atomic E-state index is 5.03. The highest BCUT2D eigenvalue weighted by Crippen LogP contribution is 2.47. The average molecular weight is 1540 g/mol. The zero-order valence-electron chi connectivity index (χ0n) is 62.8. The molecule has 0 saturated carbocycles. The molecule has 0 saturated heterocycles. The number of fused-ring (bicyclic) bond motifs is 12. The van der Waals surface area contributed by atoms with E-state index in [0.29, 0.717) is 69.6 Å². The quantitative estimate of drug-likeness (QED) is 0.110. The van der Waals surface area contributed by atoms with Gasteiger partial charge in [0.1, 0.15) is 24.7 Å². The number of hydrogen-bond acceptors (Lipinski definition) is 20. The molecule has 118 heavy (non-hydrogen) atoms. The van der Waals surface area contributed by atoms with Gasteiger partial charge in [0.25, 0.3) is 0 Å². The smallest absolute Gasteiger partial charge is 0.201 e. The highest BCUT2D eigenvalue weighted by atomic mass is 32.1. The van der Waals surface area contributed by atoms with Crippen LogP contribution < -0.4 is 0 Å². The van der Waals surface area contributed by atoms with Crippen molar-refractivity contribution in [1.29, 1.82) is 0 Å². The lowest BCUT2D eigenvalue weighted by Crippen LogP contribution is -2.03. The molecule has 0 bridgehead atoms. The first-order chi connectivity index (χ1) is 58.5. The fourth-order valence-corrected chi connectivity index (χ4v) is 16.8. The molecule has 0 amide bonds. The summed E-state index contributed by atoms with van der Waals surface area (Å²) in [4.78, 5) is 89.8. The summed E-state index contributed by atoms with van der Waals surface area (Å²) in [5.41, 5.74) is 25.4. The van der Waals surface area contributed by atoms with Crippen molar-refractivity contribution in [2.24, 2.45) is 0 Å². The summed E-state index contributed by atoms with van der Waals surface area (Å²) in [5, 5.41) is 2.38. The Morgan fingerprint density at radius 3 is 0.847 bits per heavy atom. The van der Waals surface area contributed by atoms with Crippen LogP contribution in [0.3, 0.4) is 0 Å². The lowest BCUT2D eigenvalue weighted by atomic mass is 10.0. The lowest BCUT2D eigenvalue weighted by Gasteiger charge is -2.09.